The summed E-state index contributed by atoms with van der Waals surface area (Å²) in [5.74, 6) is 7.02. The van der Waals surface area contributed by atoms with E-state index in [9.17, 15) is 4.79 Å². The van der Waals surface area contributed by atoms with Crippen LogP contribution in [0.4, 0.5) is 0 Å². The predicted octanol–water partition coefficient (Wildman–Crippen LogP) is 5.04. The minimum absolute atomic E-state index is 0.0408. The third kappa shape index (κ3) is 3.80. The highest BCUT2D eigenvalue weighted by molar-refractivity contribution is 7.99. The van der Waals surface area contributed by atoms with Gasteiger partial charge in [0, 0.05) is 28.1 Å². The van der Waals surface area contributed by atoms with Crippen LogP contribution in [-0.2, 0) is 6.42 Å². The largest absolute Gasteiger partial charge is 0.335 e. The van der Waals surface area contributed by atoms with Gasteiger partial charge in [0.05, 0.1) is 17.1 Å². The molecular formula is C26H19ClN6OS. The fourth-order valence-corrected chi connectivity index (χ4v) is 5.19. The van der Waals surface area contributed by atoms with Crippen LogP contribution in [0.25, 0.3) is 28.5 Å². The van der Waals surface area contributed by atoms with E-state index in [0.29, 0.717) is 27.3 Å². The van der Waals surface area contributed by atoms with Crippen molar-refractivity contribution in [3.63, 3.8) is 0 Å². The van der Waals surface area contributed by atoms with Crippen LogP contribution in [-0.4, -0.2) is 36.2 Å². The van der Waals surface area contributed by atoms with E-state index >= 15 is 0 Å². The molecule has 0 spiro atoms. The van der Waals surface area contributed by atoms with Crippen molar-refractivity contribution in [3.8, 4) is 28.5 Å². The number of thioether (sulfide) groups is 1. The number of rotatable bonds is 6. The van der Waals surface area contributed by atoms with Crippen molar-refractivity contribution in [2.45, 2.75) is 11.6 Å². The van der Waals surface area contributed by atoms with Gasteiger partial charge in [0.15, 0.2) is 5.78 Å². The summed E-state index contributed by atoms with van der Waals surface area (Å²) in [6.45, 7) is 0. The summed E-state index contributed by atoms with van der Waals surface area (Å²) in [7, 11) is 0. The fraction of sp³-hybridized carbons (Fsp3) is 0.0769. The van der Waals surface area contributed by atoms with Crippen LogP contribution < -0.4 is 5.84 Å². The number of nitrogens with zero attached hydrogens (tertiary/aromatic N) is 5. The number of nitrogens with two attached hydrogens (primary N) is 1. The van der Waals surface area contributed by atoms with Crippen LogP contribution >= 0.6 is 23.4 Å². The zero-order chi connectivity index (χ0) is 23.9. The average molecular weight is 499 g/mol. The van der Waals surface area contributed by atoms with Crippen molar-refractivity contribution >= 4 is 29.1 Å². The van der Waals surface area contributed by atoms with Crippen LogP contribution in [0, 0.1) is 0 Å². The summed E-state index contributed by atoms with van der Waals surface area (Å²) < 4.78 is 3.36. The number of benzene rings is 3. The molecule has 2 N–H and O–H groups in total. The van der Waals surface area contributed by atoms with Crippen molar-refractivity contribution in [1.29, 1.82) is 0 Å². The minimum atomic E-state index is -0.0408. The molecule has 0 fully saturated rings. The number of ketones is 1. The van der Waals surface area contributed by atoms with Crippen LogP contribution in [0.2, 0.25) is 5.02 Å². The predicted molar refractivity (Wildman–Crippen MR) is 137 cm³/mol. The molecule has 2 aromatic heterocycles. The molecule has 0 saturated heterocycles. The normalized spacial score (nSPS) is 11.9. The van der Waals surface area contributed by atoms with Crippen LogP contribution in [0.3, 0.4) is 0 Å². The summed E-state index contributed by atoms with van der Waals surface area (Å²) in [6, 6.07) is 25.1. The maximum Gasteiger partial charge on any atom is 0.210 e. The Bertz CT molecular complexity index is 1560. The van der Waals surface area contributed by atoms with Crippen molar-refractivity contribution < 1.29 is 4.79 Å². The molecule has 7 nitrogen and oxygen atoms in total. The Kier molecular flexibility index (Phi) is 5.39. The highest BCUT2D eigenvalue weighted by atomic mass is 35.5. The van der Waals surface area contributed by atoms with Gasteiger partial charge >= 0.3 is 0 Å². The van der Waals surface area contributed by atoms with E-state index in [1.807, 2.05) is 47.1 Å². The first-order valence-electron chi connectivity index (χ1n) is 11.0. The molecule has 0 bridgehead atoms. The minimum Gasteiger partial charge on any atom is -0.335 e. The number of nitrogen functional groups attached to an aromatic ring is 1. The Morgan fingerprint density at radius 2 is 1.71 bits per heavy atom. The molecular weight excluding hydrogens is 480 g/mol. The molecule has 0 amide bonds. The van der Waals surface area contributed by atoms with Gasteiger partial charge in [-0.3, -0.25) is 4.79 Å². The highest BCUT2D eigenvalue weighted by Crippen LogP contribution is 2.42. The van der Waals surface area contributed by atoms with E-state index in [4.69, 9.17) is 22.5 Å². The van der Waals surface area contributed by atoms with Gasteiger partial charge in [-0.15, -0.1) is 10.2 Å². The number of para-hydroxylation sites is 1. The van der Waals surface area contributed by atoms with Gasteiger partial charge in [-0.05, 0) is 42.0 Å². The van der Waals surface area contributed by atoms with Gasteiger partial charge in [0.1, 0.15) is 5.69 Å². The molecule has 0 aliphatic heterocycles. The molecule has 2 heterocycles. The fourth-order valence-electron chi connectivity index (χ4n) is 4.31. The lowest BCUT2D eigenvalue weighted by atomic mass is 10.1. The molecule has 9 heteroatoms. The van der Waals surface area contributed by atoms with Crippen molar-refractivity contribution in [3.05, 3.63) is 101 Å². The second-order valence-electron chi connectivity index (χ2n) is 8.15. The number of carbonyl (C=O) groups excluding carboxylic acids is 1. The molecule has 6 rings (SSSR count). The zero-order valence-electron chi connectivity index (χ0n) is 18.4. The molecule has 5 aromatic rings. The number of hydrogen-bond acceptors (Lipinski definition) is 6. The van der Waals surface area contributed by atoms with E-state index in [1.165, 1.54) is 22.0 Å². The number of aromatic nitrogens is 5. The average Bonchev–Trinajstić information content (AvgIpc) is 3.56. The van der Waals surface area contributed by atoms with E-state index in [0.717, 1.165) is 28.9 Å². The lowest BCUT2D eigenvalue weighted by Crippen LogP contribution is -2.13. The summed E-state index contributed by atoms with van der Waals surface area (Å²) in [4.78, 5) is 12.6. The Morgan fingerprint density at radius 3 is 2.51 bits per heavy atom. The molecule has 3 aromatic carbocycles. The second-order valence-corrected chi connectivity index (χ2v) is 9.53. The monoisotopic (exact) mass is 498 g/mol. The Labute approximate surface area is 210 Å². The molecule has 1 aliphatic rings. The smallest absolute Gasteiger partial charge is 0.210 e. The third-order valence-electron chi connectivity index (χ3n) is 6.00. The Hall–Kier alpha value is -3.88. The van der Waals surface area contributed by atoms with Gasteiger partial charge in [0.25, 0.3) is 0 Å². The van der Waals surface area contributed by atoms with Gasteiger partial charge < -0.3 is 5.84 Å². The first-order chi connectivity index (χ1) is 17.1. The summed E-state index contributed by atoms with van der Waals surface area (Å²) in [5, 5.41) is 14.6. The number of fused-ring (bicyclic) bond motifs is 3. The van der Waals surface area contributed by atoms with Crippen molar-refractivity contribution in [1.82, 2.24) is 24.7 Å². The molecule has 0 unspecified atom stereocenters. The quantitative estimate of drug-likeness (QED) is 0.196. The number of halogens is 1. The number of hydrogen-bond donors (Lipinski definition) is 1. The SMILES string of the molecule is Nn1c(SCC(=O)c2ccc(Cl)cc2)nnc1-c1nn(-c2ccccc2)c2c1Cc1ccccc1-2. The zero-order valence-corrected chi connectivity index (χ0v) is 20.0. The van der Waals surface area contributed by atoms with E-state index < -0.39 is 0 Å². The summed E-state index contributed by atoms with van der Waals surface area (Å²) in [6.07, 6.45) is 0.734. The Morgan fingerprint density at radius 1 is 0.971 bits per heavy atom. The van der Waals surface area contributed by atoms with Gasteiger partial charge in [-0.25, -0.2) is 9.36 Å². The maximum atomic E-state index is 12.6. The number of Topliss-reactive ketones (excluding diaryl/α,β-unsaturated/α-hetero) is 1. The van der Waals surface area contributed by atoms with Crippen molar-refractivity contribution in [2.24, 2.45) is 0 Å². The first kappa shape index (κ1) is 21.6. The first-order valence-corrected chi connectivity index (χ1v) is 12.3. The topological polar surface area (TPSA) is 91.6 Å². The molecule has 1 aliphatic carbocycles. The summed E-state index contributed by atoms with van der Waals surface area (Å²) in [5.41, 5.74) is 6.71. The highest BCUT2D eigenvalue weighted by Gasteiger charge is 2.31. The molecule has 172 valence electrons. The van der Waals surface area contributed by atoms with E-state index in [-0.39, 0.29) is 11.5 Å². The molecule has 0 radical (unpaired) electrons. The molecule has 0 atom stereocenters. The summed E-state index contributed by atoms with van der Waals surface area (Å²) >= 11 is 7.16. The van der Waals surface area contributed by atoms with E-state index in [1.54, 1.807) is 24.3 Å². The maximum absolute atomic E-state index is 12.6. The second kappa shape index (κ2) is 8.72. The van der Waals surface area contributed by atoms with Gasteiger partial charge in [-0.1, -0.05) is 65.8 Å². The van der Waals surface area contributed by atoms with Crippen LogP contribution in [0.5, 0.6) is 0 Å². The standard InChI is InChI=1S/C26H19ClN6OS/c27-18-12-10-16(11-13-18)22(34)15-35-26-30-29-25(32(26)28)23-21-14-17-6-4-5-9-20(17)24(21)33(31-23)19-7-2-1-3-8-19/h1-13H,14-15,28H2. The van der Waals surface area contributed by atoms with Crippen LogP contribution in [0.15, 0.2) is 84.0 Å². The van der Waals surface area contributed by atoms with Crippen LogP contribution in [0.1, 0.15) is 21.5 Å². The lowest BCUT2D eigenvalue weighted by Gasteiger charge is -2.07. The van der Waals surface area contributed by atoms with Crippen molar-refractivity contribution in [2.75, 3.05) is 11.6 Å². The molecule has 35 heavy (non-hydrogen) atoms. The number of carbonyl (C=O) groups is 1. The lowest BCUT2D eigenvalue weighted by molar-refractivity contribution is 0.102. The van der Waals surface area contributed by atoms with Gasteiger partial charge in [-0.2, -0.15) is 5.10 Å². The van der Waals surface area contributed by atoms with E-state index in [2.05, 4.69) is 22.3 Å². The third-order valence-corrected chi connectivity index (χ3v) is 7.19. The molecule has 0 saturated carbocycles. The Balaban J connectivity index is 1.35. The van der Waals surface area contributed by atoms with Gasteiger partial charge in [0.2, 0.25) is 11.0 Å².